The van der Waals surface area contributed by atoms with Crippen LogP contribution in [0, 0.1) is 6.92 Å². The highest BCUT2D eigenvalue weighted by Crippen LogP contribution is 2.17. The summed E-state index contributed by atoms with van der Waals surface area (Å²) in [6.45, 7) is 2.04. The van der Waals surface area contributed by atoms with E-state index in [1.54, 1.807) is 5.41 Å². The van der Waals surface area contributed by atoms with E-state index in [9.17, 15) is 4.21 Å². The zero-order chi connectivity index (χ0) is 13.7. The van der Waals surface area contributed by atoms with Gasteiger partial charge in [-0.1, -0.05) is 59.6 Å². The van der Waals surface area contributed by atoms with Gasteiger partial charge < -0.3 is 0 Å². The van der Waals surface area contributed by atoms with Crippen molar-refractivity contribution in [1.29, 1.82) is 0 Å². The van der Waals surface area contributed by atoms with E-state index >= 15 is 0 Å². The zero-order valence-corrected chi connectivity index (χ0v) is 12.2. The Morgan fingerprint density at radius 1 is 1.11 bits per heavy atom. The molecule has 98 valence electrons. The van der Waals surface area contributed by atoms with E-state index in [-0.39, 0.29) is 0 Å². The third kappa shape index (κ3) is 4.34. The molecular formula is C16H15ClOS. The van der Waals surface area contributed by atoms with Gasteiger partial charge in [0.05, 0.1) is 16.6 Å². The molecule has 0 bridgehead atoms. The maximum Gasteiger partial charge on any atom is 0.0541 e. The molecule has 0 aromatic heterocycles. The van der Waals surface area contributed by atoms with Gasteiger partial charge in [-0.15, -0.1) is 0 Å². The van der Waals surface area contributed by atoms with Crippen LogP contribution < -0.4 is 0 Å². The number of aryl methyl sites for hydroxylation is 1. The first kappa shape index (κ1) is 14.0. The van der Waals surface area contributed by atoms with Crippen molar-refractivity contribution in [3.05, 3.63) is 75.7 Å². The molecule has 0 aliphatic carbocycles. The lowest BCUT2D eigenvalue weighted by Crippen LogP contribution is -1.92. The van der Waals surface area contributed by atoms with Gasteiger partial charge in [0, 0.05) is 10.4 Å². The standard InChI is InChI=1S/C16H15ClOS/c1-13-6-8-14(9-7-13)10-11-19(18)12-15-4-2-3-5-16(15)17/h2-11H,12H2,1H3. The topological polar surface area (TPSA) is 17.1 Å². The second kappa shape index (κ2) is 6.69. The number of rotatable bonds is 4. The fourth-order valence-electron chi connectivity index (χ4n) is 1.65. The molecule has 2 aromatic rings. The molecule has 19 heavy (non-hydrogen) atoms. The molecule has 0 heterocycles. The van der Waals surface area contributed by atoms with E-state index in [2.05, 4.69) is 0 Å². The number of hydrogen-bond donors (Lipinski definition) is 0. The van der Waals surface area contributed by atoms with E-state index in [4.69, 9.17) is 11.6 Å². The lowest BCUT2D eigenvalue weighted by Gasteiger charge is -2.01. The first-order chi connectivity index (χ1) is 9.15. The average Bonchev–Trinajstić information content (AvgIpc) is 2.41. The van der Waals surface area contributed by atoms with Crippen LogP contribution in [0.5, 0.6) is 0 Å². The molecule has 0 aliphatic rings. The van der Waals surface area contributed by atoms with Crippen LogP contribution in [0.4, 0.5) is 0 Å². The largest absolute Gasteiger partial charge is 0.255 e. The van der Waals surface area contributed by atoms with Gasteiger partial charge in [0.25, 0.3) is 0 Å². The summed E-state index contributed by atoms with van der Waals surface area (Å²) in [4.78, 5) is 0. The van der Waals surface area contributed by atoms with Crippen LogP contribution in [0.2, 0.25) is 5.02 Å². The molecule has 3 heteroatoms. The van der Waals surface area contributed by atoms with Crippen molar-refractivity contribution >= 4 is 28.5 Å². The molecule has 0 N–H and O–H groups in total. The molecule has 2 rings (SSSR count). The first-order valence-electron chi connectivity index (χ1n) is 6.00. The molecule has 0 radical (unpaired) electrons. The monoisotopic (exact) mass is 290 g/mol. The van der Waals surface area contributed by atoms with E-state index in [0.717, 1.165) is 11.1 Å². The maximum atomic E-state index is 12.0. The Morgan fingerprint density at radius 3 is 2.47 bits per heavy atom. The molecule has 1 unspecified atom stereocenters. The molecule has 0 amide bonds. The van der Waals surface area contributed by atoms with Gasteiger partial charge in [-0.3, -0.25) is 4.21 Å². The SMILES string of the molecule is Cc1ccc(C=CS(=O)Cc2ccccc2Cl)cc1. The van der Waals surface area contributed by atoms with Gasteiger partial charge in [-0.2, -0.15) is 0 Å². The van der Waals surface area contributed by atoms with Crippen molar-refractivity contribution in [2.24, 2.45) is 0 Å². The number of hydrogen-bond acceptors (Lipinski definition) is 1. The lowest BCUT2D eigenvalue weighted by molar-refractivity contribution is 0.688. The predicted molar refractivity (Wildman–Crippen MR) is 83.5 cm³/mol. The van der Waals surface area contributed by atoms with Crippen LogP contribution in [0.15, 0.2) is 53.9 Å². The Bertz CT molecular complexity index is 602. The molecule has 0 saturated heterocycles. The summed E-state index contributed by atoms with van der Waals surface area (Å²) >= 11 is 6.04. The van der Waals surface area contributed by atoms with E-state index in [1.165, 1.54) is 5.56 Å². The Balaban J connectivity index is 2.02. The zero-order valence-electron chi connectivity index (χ0n) is 10.7. The van der Waals surface area contributed by atoms with Crippen LogP contribution in [0.25, 0.3) is 6.08 Å². The Morgan fingerprint density at radius 2 is 1.79 bits per heavy atom. The highest BCUT2D eigenvalue weighted by molar-refractivity contribution is 7.87. The van der Waals surface area contributed by atoms with Crippen LogP contribution in [-0.4, -0.2) is 4.21 Å². The van der Waals surface area contributed by atoms with Crippen molar-refractivity contribution in [1.82, 2.24) is 0 Å². The minimum Gasteiger partial charge on any atom is -0.255 e. The first-order valence-corrected chi connectivity index (χ1v) is 7.76. The number of halogens is 1. The maximum absolute atomic E-state index is 12.0. The molecular weight excluding hydrogens is 276 g/mol. The minimum atomic E-state index is -1.05. The van der Waals surface area contributed by atoms with Gasteiger partial charge in [-0.25, -0.2) is 0 Å². The van der Waals surface area contributed by atoms with Gasteiger partial charge in [0.1, 0.15) is 0 Å². The molecule has 0 aliphatic heterocycles. The second-order valence-electron chi connectivity index (χ2n) is 4.33. The molecule has 0 fully saturated rings. The van der Waals surface area contributed by atoms with Gasteiger partial charge in [0.2, 0.25) is 0 Å². The van der Waals surface area contributed by atoms with E-state index in [1.807, 2.05) is 61.5 Å². The molecule has 0 saturated carbocycles. The summed E-state index contributed by atoms with van der Waals surface area (Å²) in [6, 6.07) is 15.6. The summed E-state index contributed by atoms with van der Waals surface area (Å²) in [5, 5.41) is 2.38. The molecule has 1 nitrogen and oxygen atoms in total. The van der Waals surface area contributed by atoms with Gasteiger partial charge >= 0.3 is 0 Å². The number of benzene rings is 2. The second-order valence-corrected chi connectivity index (χ2v) is 6.06. The summed E-state index contributed by atoms with van der Waals surface area (Å²) < 4.78 is 12.0. The summed E-state index contributed by atoms with van der Waals surface area (Å²) in [6.07, 6.45) is 1.88. The van der Waals surface area contributed by atoms with E-state index in [0.29, 0.717) is 10.8 Å². The van der Waals surface area contributed by atoms with Crippen LogP contribution in [-0.2, 0) is 16.6 Å². The lowest BCUT2D eigenvalue weighted by atomic mass is 10.2. The Hall–Kier alpha value is -1.38. The normalized spacial score (nSPS) is 12.7. The van der Waals surface area contributed by atoms with Gasteiger partial charge in [-0.05, 0) is 30.2 Å². The van der Waals surface area contributed by atoms with Crippen LogP contribution >= 0.6 is 11.6 Å². The molecule has 0 spiro atoms. The predicted octanol–water partition coefficient (Wildman–Crippen LogP) is 4.57. The third-order valence-corrected chi connectivity index (χ3v) is 4.15. The summed E-state index contributed by atoms with van der Waals surface area (Å²) in [5.41, 5.74) is 3.18. The van der Waals surface area contributed by atoms with Crippen molar-refractivity contribution in [3.8, 4) is 0 Å². The summed E-state index contributed by atoms with van der Waals surface area (Å²) in [7, 11) is -1.05. The van der Waals surface area contributed by atoms with Crippen molar-refractivity contribution in [2.45, 2.75) is 12.7 Å². The quantitative estimate of drug-likeness (QED) is 0.806. The van der Waals surface area contributed by atoms with Crippen molar-refractivity contribution in [3.63, 3.8) is 0 Å². The average molecular weight is 291 g/mol. The Kier molecular flexibility index (Phi) is 4.94. The fraction of sp³-hybridized carbons (Fsp3) is 0.125. The minimum absolute atomic E-state index is 0.446. The third-order valence-electron chi connectivity index (χ3n) is 2.75. The van der Waals surface area contributed by atoms with Crippen LogP contribution in [0.3, 0.4) is 0 Å². The van der Waals surface area contributed by atoms with Gasteiger partial charge in [0.15, 0.2) is 0 Å². The van der Waals surface area contributed by atoms with Crippen molar-refractivity contribution in [2.75, 3.05) is 0 Å². The van der Waals surface area contributed by atoms with Crippen molar-refractivity contribution < 1.29 is 4.21 Å². The highest BCUT2D eigenvalue weighted by atomic mass is 35.5. The summed E-state index contributed by atoms with van der Waals surface area (Å²) in [5.74, 6) is 0.446. The van der Waals surface area contributed by atoms with Crippen LogP contribution in [0.1, 0.15) is 16.7 Å². The highest BCUT2D eigenvalue weighted by Gasteiger charge is 2.02. The smallest absolute Gasteiger partial charge is 0.0541 e. The Labute approximate surface area is 121 Å². The van der Waals surface area contributed by atoms with E-state index < -0.39 is 10.8 Å². The molecule has 1 atom stereocenters. The fourth-order valence-corrected chi connectivity index (χ4v) is 2.89. The molecule has 2 aromatic carbocycles.